The third kappa shape index (κ3) is 4.49. The quantitative estimate of drug-likeness (QED) is 0.747. The van der Waals surface area contributed by atoms with Gasteiger partial charge in [0.1, 0.15) is 29.3 Å². The van der Waals surface area contributed by atoms with Crippen LogP contribution in [0.15, 0.2) is 54.7 Å². The predicted octanol–water partition coefficient (Wildman–Crippen LogP) is 3.81. The van der Waals surface area contributed by atoms with Gasteiger partial charge in [-0.2, -0.15) is 0 Å². The lowest BCUT2D eigenvalue weighted by molar-refractivity contribution is -0.117. The number of amides is 2. The molecule has 1 N–H and O–H groups in total. The van der Waals surface area contributed by atoms with E-state index in [9.17, 15) is 9.59 Å². The highest BCUT2D eigenvalue weighted by Gasteiger charge is 2.22. The first-order valence-electron chi connectivity index (χ1n) is 9.01. The zero-order valence-electron chi connectivity index (χ0n) is 16.5. The average molecular weight is 380 g/mol. The molecule has 0 spiro atoms. The van der Waals surface area contributed by atoms with E-state index in [1.807, 2.05) is 59.1 Å². The predicted molar refractivity (Wildman–Crippen MR) is 108 cm³/mol. The van der Waals surface area contributed by atoms with Crippen molar-refractivity contribution >= 4 is 23.5 Å². The maximum absolute atomic E-state index is 12.6. The van der Waals surface area contributed by atoms with E-state index in [2.05, 4.69) is 10.3 Å². The highest BCUT2D eigenvalue weighted by molar-refractivity contribution is 5.96. The highest BCUT2D eigenvalue weighted by Crippen LogP contribution is 2.28. The van der Waals surface area contributed by atoms with E-state index in [1.165, 1.54) is 11.9 Å². The van der Waals surface area contributed by atoms with Gasteiger partial charge in [-0.25, -0.2) is 9.78 Å². The third-order valence-electron chi connectivity index (χ3n) is 3.92. The summed E-state index contributed by atoms with van der Waals surface area (Å²) >= 11 is 0. The Hall–Kier alpha value is -3.35. The van der Waals surface area contributed by atoms with Crippen LogP contribution in [0.1, 0.15) is 20.8 Å². The Kier molecular flexibility index (Phi) is 5.35. The molecule has 7 heteroatoms. The summed E-state index contributed by atoms with van der Waals surface area (Å²) in [6, 6.07) is 15.3. The van der Waals surface area contributed by atoms with Crippen LogP contribution in [0.4, 0.5) is 10.6 Å². The molecule has 3 rings (SSSR count). The van der Waals surface area contributed by atoms with Crippen molar-refractivity contribution in [3.05, 3.63) is 54.7 Å². The molecular weight excluding hydrogens is 356 g/mol. The number of hydrogen-bond acceptors (Lipinski definition) is 4. The second-order valence-corrected chi connectivity index (χ2v) is 7.49. The van der Waals surface area contributed by atoms with Crippen molar-refractivity contribution in [2.45, 2.75) is 26.4 Å². The van der Waals surface area contributed by atoms with Gasteiger partial charge in [0.2, 0.25) is 5.91 Å². The molecule has 28 heavy (non-hydrogen) atoms. The molecule has 0 aliphatic rings. The van der Waals surface area contributed by atoms with Gasteiger partial charge in [-0.3, -0.25) is 9.20 Å². The number of nitrogens with one attached hydrogen (secondary N) is 1. The molecule has 2 amide bonds. The van der Waals surface area contributed by atoms with Gasteiger partial charge < -0.3 is 15.0 Å². The Bertz CT molecular complexity index is 990. The molecule has 3 aromatic rings. The number of nitrogens with zero attached hydrogens (tertiary/aromatic N) is 3. The molecule has 7 nitrogen and oxygen atoms in total. The molecule has 0 aliphatic heterocycles. The number of likely N-dealkylation sites (N-methyl/N-ethyl adjacent to an activating group) is 1. The minimum absolute atomic E-state index is 0.136. The fourth-order valence-corrected chi connectivity index (χ4v) is 2.70. The van der Waals surface area contributed by atoms with E-state index >= 15 is 0 Å². The Morgan fingerprint density at radius 2 is 1.79 bits per heavy atom. The number of ether oxygens (including phenoxy) is 1. The molecule has 2 aromatic heterocycles. The highest BCUT2D eigenvalue weighted by atomic mass is 16.6. The number of anilines is 1. The standard InChI is InChI=1S/C21H24N4O3/c1-21(2,3)28-20(27)24(4)14-17(26)23-19-18(15-10-6-5-7-11-15)22-16-12-8-9-13-25(16)19/h5-13H,14H2,1-4H3,(H,23,26). The molecular formula is C21H24N4O3. The monoisotopic (exact) mass is 380 g/mol. The fraction of sp³-hybridized carbons (Fsp3) is 0.286. The van der Waals surface area contributed by atoms with Gasteiger partial charge in [0.25, 0.3) is 0 Å². The van der Waals surface area contributed by atoms with Crippen LogP contribution in [-0.4, -0.2) is 45.5 Å². The Labute approximate surface area is 163 Å². The van der Waals surface area contributed by atoms with Gasteiger partial charge in [-0.05, 0) is 32.9 Å². The summed E-state index contributed by atoms with van der Waals surface area (Å²) in [5.74, 6) is 0.223. The minimum atomic E-state index is -0.621. The summed E-state index contributed by atoms with van der Waals surface area (Å²) < 4.78 is 7.10. The number of aromatic nitrogens is 2. The summed E-state index contributed by atoms with van der Waals surface area (Å²) in [5.41, 5.74) is 1.66. The molecule has 0 atom stereocenters. The summed E-state index contributed by atoms with van der Waals surface area (Å²) in [5, 5.41) is 2.89. The van der Waals surface area contributed by atoms with Gasteiger partial charge in [0.15, 0.2) is 0 Å². The number of rotatable bonds is 4. The van der Waals surface area contributed by atoms with Crippen LogP contribution in [0.3, 0.4) is 0 Å². The van der Waals surface area contributed by atoms with Crippen molar-refractivity contribution in [1.82, 2.24) is 14.3 Å². The number of hydrogen-bond donors (Lipinski definition) is 1. The van der Waals surface area contributed by atoms with Crippen LogP contribution in [0.5, 0.6) is 0 Å². The van der Waals surface area contributed by atoms with E-state index < -0.39 is 11.7 Å². The second-order valence-electron chi connectivity index (χ2n) is 7.49. The van der Waals surface area contributed by atoms with Crippen molar-refractivity contribution < 1.29 is 14.3 Å². The number of carbonyl (C=O) groups excluding carboxylic acids is 2. The van der Waals surface area contributed by atoms with Crippen LogP contribution in [0.2, 0.25) is 0 Å². The zero-order valence-corrected chi connectivity index (χ0v) is 16.5. The van der Waals surface area contributed by atoms with Gasteiger partial charge in [0.05, 0.1) is 0 Å². The van der Waals surface area contributed by atoms with Crippen LogP contribution in [-0.2, 0) is 9.53 Å². The number of imidazole rings is 1. The lowest BCUT2D eigenvalue weighted by Gasteiger charge is -2.24. The minimum Gasteiger partial charge on any atom is -0.444 e. The first-order chi connectivity index (χ1) is 13.2. The number of benzene rings is 1. The molecule has 1 aromatic carbocycles. The molecule has 0 aliphatic carbocycles. The number of carbonyl (C=O) groups is 2. The Balaban J connectivity index is 1.83. The van der Waals surface area contributed by atoms with Gasteiger partial charge >= 0.3 is 6.09 Å². The van der Waals surface area contributed by atoms with Crippen molar-refractivity contribution in [2.75, 3.05) is 18.9 Å². The van der Waals surface area contributed by atoms with Crippen molar-refractivity contribution in [3.8, 4) is 11.3 Å². The van der Waals surface area contributed by atoms with E-state index in [-0.39, 0.29) is 12.5 Å². The lowest BCUT2D eigenvalue weighted by atomic mass is 10.1. The first kappa shape index (κ1) is 19.4. The molecule has 0 fully saturated rings. The SMILES string of the molecule is CN(CC(=O)Nc1c(-c2ccccc2)nc2ccccn12)C(=O)OC(C)(C)C. The normalized spacial score (nSPS) is 11.3. The van der Waals surface area contributed by atoms with Gasteiger partial charge in [-0.15, -0.1) is 0 Å². The average Bonchev–Trinajstić information content (AvgIpc) is 2.99. The smallest absolute Gasteiger partial charge is 0.410 e. The van der Waals surface area contributed by atoms with E-state index in [0.717, 1.165) is 11.2 Å². The first-order valence-corrected chi connectivity index (χ1v) is 9.01. The summed E-state index contributed by atoms with van der Waals surface area (Å²) in [4.78, 5) is 30.6. The molecule has 0 radical (unpaired) electrons. The van der Waals surface area contributed by atoms with Gasteiger partial charge in [-0.1, -0.05) is 36.4 Å². The molecule has 0 unspecified atom stereocenters. The van der Waals surface area contributed by atoms with Crippen LogP contribution in [0.25, 0.3) is 16.9 Å². The Morgan fingerprint density at radius 3 is 2.46 bits per heavy atom. The largest absolute Gasteiger partial charge is 0.444 e. The van der Waals surface area contributed by atoms with E-state index in [4.69, 9.17) is 4.74 Å². The third-order valence-corrected chi connectivity index (χ3v) is 3.92. The lowest BCUT2D eigenvalue weighted by Crippen LogP contribution is -2.39. The van der Waals surface area contributed by atoms with Gasteiger partial charge in [0, 0.05) is 18.8 Å². The maximum Gasteiger partial charge on any atom is 0.410 e. The van der Waals surface area contributed by atoms with Crippen LogP contribution in [0, 0.1) is 0 Å². The fourth-order valence-electron chi connectivity index (χ4n) is 2.70. The molecule has 2 heterocycles. The second kappa shape index (κ2) is 7.72. The zero-order chi connectivity index (χ0) is 20.3. The van der Waals surface area contributed by atoms with Crippen molar-refractivity contribution in [2.24, 2.45) is 0 Å². The van der Waals surface area contributed by atoms with Crippen LogP contribution >= 0.6 is 0 Å². The molecule has 0 bridgehead atoms. The topological polar surface area (TPSA) is 75.9 Å². The Morgan fingerprint density at radius 1 is 1.11 bits per heavy atom. The maximum atomic E-state index is 12.6. The summed E-state index contributed by atoms with van der Waals surface area (Å²) in [7, 11) is 1.53. The van der Waals surface area contributed by atoms with Crippen molar-refractivity contribution in [1.29, 1.82) is 0 Å². The number of pyridine rings is 1. The molecule has 0 saturated heterocycles. The van der Waals surface area contributed by atoms with E-state index in [1.54, 1.807) is 20.8 Å². The summed E-state index contributed by atoms with van der Waals surface area (Å²) in [6.45, 7) is 5.21. The molecule has 0 saturated carbocycles. The number of fused-ring (bicyclic) bond motifs is 1. The van der Waals surface area contributed by atoms with Crippen LogP contribution < -0.4 is 5.32 Å². The van der Waals surface area contributed by atoms with Crippen molar-refractivity contribution in [3.63, 3.8) is 0 Å². The van der Waals surface area contributed by atoms with E-state index in [0.29, 0.717) is 11.5 Å². The summed E-state index contributed by atoms with van der Waals surface area (Å²) in [6.07, 6.45) is 1.28. The molecule has 146 valence electrons.